The van der Waals surface area contributed by atoms with Gasteiger partial charge in [-0.1, -0.05) is 20.8 Å². The molecule has 0 aromatic heterocycles. The highest BCUT2D eigenvalue weighted by molar-refractivity contribution is 5.58. The van der Waals surface area contributed by atoms with E-state index >= 15 is 0 Å². The summed E-state index contributed by atoms with van der Waals surface area (Å²) in [6.07, 6.45) is 5.40. The fourth-order valence-electron chi connectivity index (χ4n) is 1.23. The van der Waals surface area contributed by atoms with E-state index in [2.05, 4.69) is 0 Å². The van der Waals surface area contributed by atoms with E-state index in [0.717, 1.165) is 25.4 Å². The van der Waals surface area contributed by atoms with Crippen molar-refractivity contribution in [2.75, 3.05) is 0 Å². The maximum Gasteiger partial charge on any atom is 0.125 e. The summed E-state index contributed by atoms with van der Waals surface area (Å²) in [6, 6.07) is 0. The van der Waals surface area contributed by atoms with Crippen LogP contribution < -0.4 is 0 Å². The van der Waals surface area contributed by atoms with Gasteiger partial charge in [0.15, 0.2) is 0 Å². The van der Waals surface area contributed by atoms with Crippen LogP contribution in [0.5, 0.6) is 0 Å². The molecule has 0 aromatic rings. The van der Waals surface area contributed by atoms with Crippen molar-refractivity contribution in [1.29, 1.82) is 0 Å². The van der Waals surface area contributed by atoms with Crippen molar-refractivity contribution in [3.8, 4) is 0 Å². The minimum Gasteiger partial charge on any atom is -0.516 e. The van der Waals surface area contributed by atoms with Crippen molar-refractivity contribution in [1.82, 2.24) is 0 Å². The van der Waals surface area contributed by atoms with Crippen molar-refractivity contribution in [3.05, 3.63) is 12.3 Å². The van der Waals surface area contributed by atoms with Gasteiger partial charge in [-0.05, 0) is 24.8 Å². The summed E-state index contributed by atoms with van der Waals surface area (Å²) in [6.45, 7) is 5.94. The van der Waals surface area contributed by atoms with E-state index in [9.17, 15) is 4.79 Å². The Morgan fingerprint density at radius 1 is 1.58 bits per heavy atom. The Balaban J connectivity index is 4.10. The normalized spacial score (nSPS) is 18.9. The lowest BCUT2D eigenvalue weighted by molar-refractivity contribution is -0.116. The molecule has 0 saturated carbocycles. The first-order chi connectivity index (χ1) is 5.58. The van der Waals surface area contributed by atoms with E-state index in [-0.39, 0.29) is 11.3 Å². The highest BCUT2D eigenvalue weighted by Crippen LogP contribution is 2.27. The van der Waals surface area contributed by atoms with Crippen molar-refractivity contribution < 1.29 is 9.90 Å². The van der Waals surface area contributed by atoms with E-state index in [0.29, 0.717) is 0 Å². The molecule has 0 aromatic carbocycles. The van der Waals surface area contributed by atoms with Crippen molar-refractivity contribution in [2.45, 2.75) is 33.6 Å². The lowest BCUT2D eigenvalue weighted by atomic mass is 9.81. The molecule has 2 unspecified atom stereocenters. The predicted molar refractivity (Wildman–Crippen MR) is 50.0 cm³/mol. The van der Waals surface area contributed by atoms with Crippen molar-refractivity contribution >= 4 is 6.29 Å². The summed E-state index contributed by atoms with van der Waals surface area (Å²) in [5.41, 5.74) is -0.237. The Hall–Kier alpha value is -0.790. The number of aliphatic hydroxyl groups excluding tert-OH is 1. The maximum absolute atomic E-state index is 10.7. The number of carbonyl (C=O) groups excluding carboxylic acids is 1. The Morgan fingerprint density at radius 3 is 2.50 bits per heavy atom. The summed E-state index contributed by atoms with van der Waals surface area (Å²) in [5, 5.41) is 8.51. The SMILES string of the molecule is CCC(C)(C=O)CC(C)C=CO. The third-order valence-corrected chi connectivity index (χ3v) is 2.30. The molecule has 0 aliphatic rings. The topological polar surface area (TPSA) is 37.3 Å². The second-order valence-electron chi connectivity index (χ2n) is 3.65. The van der Waals surface area contributed by atoms with Gasteiger partial charge in [0.25, 0.3) is 0 Å². The zero-order valence-corrected chi connectivity index (χ0v) is 8.08. The molecule has 0 saturated heterocycles. The van der Waals surface area contributed by atoms with Gasteiger partial charge in [-0.3, -0.25) is 0 Å². The molecular formula is C10H18O2. The number of aldehydes is 1. The third kappa shape index (κ3) is 3.56. The van der Waals surface area contributed by atoms with Gasteiger partial charge in [-0.15, -0.1) is 0 Å². The van der Waals surface area contributed by atoms with Crippen LogP contribution in [0.3, 0.4) is 0 Å². The average Bonchev–Trinajstić information content (AvgIpc) is 2.05. The second-order valence-corrected chi connectivity index (χ2v) is 3.65. The molecule has 2 heteroatoms. The summed E-state index contributed by atoms with van der Waals surface area (Å²) < 4.78 is 0. The molecule has 0 heterocycles. The van der Waals surface area contributed by atoms with Crippen molar-refractivity contribution in [2.24, 2.45) is 11.3 Å². The second kappa shape index (κ2) is 4.96. The number of hydrogen-bond acceptors (Lipinski definition) is 2. The fraction of sp³-hybridized carbons (Fsp3) is 0.700. The zero-order valence-electron chi connectivity index (χ0n) is 8.08. The Labute approximate surface area is 74.3 Å². The molecule has 0 spiro atoms. The molecule has 2 nitrogen and oxygen atoms in total. The number of rotatable bonds is 5. The first-order valence-electron chi connectivity index (χ1n) is 4.35. The number of allylic oxidation sites excluding steroid dienone is 1. The van der Waals surface area contributed by atoms with E-state index in [4.69, 9.17) is 5.11 Å². The van der Waals surface area contributed by atoms with E-state index < -0.39 is 0 Å². The molecule has 0 bridgehead atoms. The molecule has 2 atom stereocenters. The first kappa shape index (κ1) is 11.2. The lowest BCUT2D eigenvalue weighted by Gasteiger charge is -2.23. The van der Waals surface area contributed by atoms with Gasteiger partial charge < -0.3 is 9.90 Å². The van der Waals surface area contributed by atoms with Crippen molar-refractivity contribution in [3.63, 3.8) is 0 Å². The largest absolute Gasteiger partial charge is 0.516 e. The third-order valence-electron chi connectivity index (χ3n) is 2.30. The lowest BCUT2D eigenvalue weighted by Crippen LogP contribution is -2.19. The van der Waals surface area contributed by atoms with Gasteiger partial charge in [0.1, 0.15) is 6.29 Å². The number of aliphatic hydroxyl groups is 1. The van der Waals surface area contributed by atoms with Gasteiger partial charge in [0, 0.05) is 5.41 Å². The molecular weight excluding hydrogens is 152 g/mol. The van der Waals surface area contributed by atoms with Crippen LogP contribution in [-0.2, 0) is 4.79 Å². The highest BCUT2D eigenvalue weighted by Gasteiger charge is 2.22. The molecule has 0 fully saturated rings. The zero-order chi connectivity index (χ0) is 9.61. The molecule has 1 N–H and O–H groups in total. The van der Waals surface area contributed by atoms with Crippen LogP contribution in [0, 0.1) is 11.3 Å². The molecule has 70 valence electrons. The Morgan fingerprint density at radius 2 is 2.17 bits per heavy atom. The van der Waals surface area contributed by atoms with Crippen LogP contribution in [0.15, 0.2) is 12.3 Å². The van der Waals surface area contributed by atoms with Gasteiger partial charge in [-0.2, -0.15) is 0 Å². The monoisotopic (exact) mass is 170 g/mol. The molecule has 0 rings (SSSR count). The number of hydrogen-bond donors (Lipinski definition) is 1. The predicted octanol–water partition coefficient (Wildman–Crippen LogP) is 2.70. The van der Waals surface area contributed by atoms with Gasteiger partial charge in [0.2, 0.25) is 0 Å². The quantitative estimate of drug-likeness (QED) is 0.508. The standard InChI is InChI=1S/C10H18O2/c1-4-10(3,8-12)7-9(2)5-6-11/h5-6,8-9,11H,4,7H2,1-3H3. The van der Waals surface area contributed by atoms with Crippen LogP contribution >= 0.6 is 0 Å². The van der Waals surface area contributed by atoms with Gasteiger partial charge in [0.05, 0.1) is 6.26 Å². The van der Waals surface area contributed by atoms with Crippen LogP contribution in [0.25, 0.3) is 0 Å². The molecule has 0 radical (unpaired) electrons. The Bertz CT molecular complexity index is 163. The summed E-state index contributed by atoms with van der Waals surface area (Å²) in [5.74, 6) is 0.255. The van der Waals surface area contributed by atoms with Crippen LogP contribution in [0.4, 0.5) is 0 Å². The van der Waals surface area contributed by atoms with Crippen LogP contribution in [-0.4, -0.2) is 11.4 Å². The smallest absolute Gasteiger partial charge is 0.125 e. The average molecular weight is 170 g/mol. The minimum atomic E-state index is -0.237. The van der Waals surface area contributed by atoms with E-state index in [1.54, 1.807) is 6.08 Å². The summed E-state index contributed by atoms with van der Waals surface area (Å²) in [7, 11) is 0. The first-order valence-corrected chi connectivity index (χ1v) is 4.35. The number of carbonyl (C=O) groups is 1. The van der Waals surface area contributed by atoms with Crippen LogP contribution in [0.2, 0.25) is 0 Å². The summed E-state index contributed by atoms with van der Waals surface area (Å²) in [4.78, 5) is 10.7. The fourth-order valence-corrected chi connectivity index (χ4v) is 1.23. The van der Waals surface area contributed by atoms with E-state index in [1.165, 1.54) is 0 Å². The van der Waals surface area contributed by atoms with Gasteiger partial charge >= 0.3 is 0 Å². The van der Waals surface area contributed by atoms with Crippen LogP contribution in [0.1, 0.15) is 33.6 Å². The van der Waals surface area contributed by atoms with Gasteiger partial charge in [-0.25, -0.2) is 0 Å². The molecule has 0 amide bonds. The molecule has 12 heavy (non-hydrogen) atoms. The molecule has 0 aliphatic heterocycles. The molecule has 0 aliphatic carbocycles. The minimum absolute atomic E-state index is 0.237. The Kier molecular flexibility index (Phi) is 4.64. The summed E-state index contributed by atoms with van der Waals surface area (Å²) >= 11 is 0. The van der Waals surface area contributed by atoms with E-state index in [1.807, 2.05) is 20.8 Å². The highest BCUT2D eigenvalue weighted by atomic mass is 16.2. The maximum atomic E-state index is 10.7.